The van der Waals surface area contributed by atoms with Gasteiger partial charge >= 0.3 is 5.97 Å². The van der Waals surface area contributed by atoms with Gasteiger partial charge in [0.15, 0.2) is 0 Å². The van der Waals surface area contributed by atoms with Crippen molar-refractivity contribution in [3.05, 3.63) is 113 Å². The van der Waals surface area contributed by atoms with E-state index in [1.54, 1.807) is 0 Å². The number of hydrogen-bond acceptors (Lipinski definition) is 3. The van der Waals surface area contributed by atoms with Crippen LogP contribution in [0.2, 0.25) is 0 Å². The molecule has 0 saturated heterocycles. The van der Waals surface area contributed by atoms with Crippen molar-refractivity contribution in [3.8, 4) is 5.75 Å². The van der Waals surface area contributed by atoms with E-state index in [4.69, 9.17) is 9.84 Å². The molecule has 196 valence electrons. The highest BCUT2D eigenvalue weighted by Crippen LogP contribution is 2.30. The molecule has 4 rings (SSSR count). The lowest BCUT2D eigenvalue weighted by Crippen LogP contribution is -2.32. The number of hydrogen-bond donors (Lipinski definition) is 2. The number of aryl methyl sites for hydroxylation is 1. The van der Waals surface area contributed by atoms with Crippen molar-refractivity contribution in [2.75, 3.05) is 6.54 Å². The van der Waals surface area contributed by atoms with E-state index in [9.17, 15) is 9.59 Å². The van der Waals surface area contributed by atoms with Crippen LogP contribution in [0.1, 0.15) is 43.0 Å². The Bertz CT molecular complexity index is 1410. The summed E-state index contributed by atoms with van der Waals surface area (Å²) in [5, 5.41) is 13.2. The molecule has 0 saturated carbocycles. The molecule has 2 N–H and O–H groups in total. The van der Waals surface area contributed by atoms with E-state index < -0.39 is 12.0 Å². The van der Waals surface area contributed by atoms with Gasteiger partial charge in [-0.3, -0.25) is 4.79 Å². The number of carboxylic acids is 1. The number of benzene rings is 3. The van der Waals surface area contributed by atoms with Crippen LogP contribution in [0.5, 0.6) is 5.75 Å². The monoisotopic (exact) mass is 510 g/mol. The molecule has 0 aliphatic carbocycles. The Hall–Kier alpha value is -4.32. The summed E-state index contributed by atoms with van der Waals surface area (Å²) in [7, 11) is 0. The first-order valence-electron chi connectivity index (χ1n) is 12.9. The summed E-state index contributed by atoms with van der Waals surface area (Å²) in [5.41, 5.74) is 5.05. The minimum Gasteiger partial charge on any atom is -0.489 e. The highest BCUT2D eigenvalue weighted by Gasteiger charge is 2.19. The third-order valence-corrected chi connectivity index (χ3v) is 6.65. The molecule has 6 heteroatoms. The fourth-order valence-electron chi connectivity index (χ4n) is 4.52. The van der Waals surface area contributed by atoms with Crippen LogP contribution in [0.4, 0.5) is 0 Å². The number of aliphatic carboxylic acids is 1. The van der Waals surface area contributed by atoms with Gasteiger partial charge in [-0.1, -0.05) is 66.2 Å². The molecular weight excluding hydrogens is 476 g/mol. The Morgan fingerprint density at radius 3 is 2.34 bits per heavy atom. The average molecular weight is 511 g/mol. The maximum absolute atomic E-state index is 13.1. The number of nitrogens with one attached hydrogen (secondary N) is 1. The number of carbonyl (C=O) groups is 2. The molecule has 1 unspecified atom stereocenters. The van der Waals surface area contributed by atoms with Crippen LogP contribution in [-0.4, -0.2) is 28.1 Å². The molecule has 1 atom stereocenters. The number of carboxylic acid groups (broad SMARTS) is 1. The summed E-state index contributed by atoms with van der Waals surface area (Å²) in [6.45, 7) is 4.75. The molecule has 0 aliphatic rings. The molecule has 0 fully saturated rings. The summed E-state index contributed by atoms with van der Waals surface area (Å²) in [6, 6.07) is 25.6. The zero-order valence-electron chi connectivity index (χ0n) is 21.9. The van der Waals surface area contributed by atoms with E-state index in [0.717, 1.165) is 39.8 Å². The van der Waals surface area contributed by atoms with Crippen LogP contribution in [0.15, 0.2) is 96.7 Å². The minimum absolute atomic E-state index is 0.0456. The zero-order valence-corrected chi connectivity index (χ0v) is 21.9. The van der Waals surface area contributed by atoms with E-state index in [0.29, 0.717) is 26.0 Å². The van der Waals surface area contributed by atoms with Gasteiger partial charge in [0.05, 0.1) is 0 Å². The number of amides is 1. The Balaban J connectivity index is 1.54. The van der Waals surface area contributed by atoms with Gasteiger partial charge < -0.3 is 19.7 Å². The number of rotatable bonds is 12. The van der Waals surface area contributed by atoms with Crippen LogP contribution in [0.25, 0.3) is 10.9 Å². The maximum Gasteiger partial charge on any atom is 0.328 e. The third-order valence-electron chi connectivity index (χ3n) is 6.65. The molecule has 0 spiro atoms. The molecule has 0 radical (unpaired) electrons. The summed E-state index contributed by atoms with van der Waals surface area (Å²) < 4.78 is 8.07. The molecule has 0 bridgehead atoms. The molecule has 3 aromatic carbocycles. The third kappa shape index (κ3) is 7.13. The van der Waals surface area contributed by atoms with Gasteiger partial charge in [-0.25, -0.2) is 4.79 Å². The first-order valence-corrected chi connectivity index (χ1v) is 12.9. The van der Waals surface area contributed by atoms with Gasteiger partial charge in [0, 0.05) is 29.7 Å². The highest BCUT2D eigenvalue weighted by molar-refractivity contribution is 5.89. The zero-order chi connectivity index (χ0) is 26.9. The van der Waals surface area contributed by atoms with Crippen LogP contribution < -0.4 is 10.1 Å². The second-order valence-electron chi connectivity index (χ2n) is 9.55. The fraction of sp³-hybridized carbons (Fsp3) is 0.250. The van der Waals surface area contributed by atoms with Crippen molar-refractivity contribution in [2.24, 2.45) is 0 Å². The molecule has 0 aliphatic heterocycles. The van der Waals surface area contributed by atoms with Gasteiger partial charge in [-0.15, -0.1) is 0 Å². The molecule has 4 aromatic rings. The summed E-state index contributed by atoms with van der Waals surface area (Å²) in [5.74, 6) is -0.240. The van der Waals surface area contributed by atoms with E-state index in [1.165, 1.54) is 11.6 Å². The van der Waals surface area contributed by atoms with Crippen LogP contribution in [-0.2, 0) is 29.0 Å². The number of ether oxygens (including phenoxy) is 1. The van der Waals surface area contributed by atoms with Gasteiger partial charge in [0.1, 0.15) is 18.4 Å². The van der Waals surface area contributed by atoms with E-state index in [2.05, 4.69) is 17.4 Å². The number of carbonyl (C=O) groups excluding carboxylic acids is 1. The van der Waals surface area contributed by atoms with Crippen LogP contribution in [0.3, 0.4) is 0 Å². The predicted molar refractivity (Wildman–Crippen MR) is 150 cm³/mol. The topological polar surface area (TPSA) is 80.6 Å². The molecular formula is C32H34N2O4. The second kappa shape index (κ2) is 12.8. The lowest BCUT2D eigenvalue weighted by Gasteiger charge is -2.16. The Morgan fingerprint density at radius 2 is 1.66 bits per heavy atom. The van der Waals surface area contributed by atoms with E-state index in [1.807, 2.05) is 91.3 Å². The van der Waals surface area contributed by atoms with Gasteiger partial charge in [-0.05, 0) is 68.0 Å². The van der Waals surface area contributed by atoms with Crippen molar-refractivity contribution in [2.45, 2.75) is 45.8 Å². The molecule has 1 amide bonds. The smallest absolute Gasteiger partial charge is 0.328 e. The lowest BCUT2D eigenvalue weighted by molar-refractivity contribution is -0.131. The standard InChI is InChI=1S/C32H34N2O4/c1-23(19-31(35)36)13-14-27-21-34(24(2)32(37)33-18-17-25-9-5-3-6-10-25)30-16-15-28(20-29(27)30)38-22-26-11-7-4-8-12-26/h3-12,15-16,19-21,24H,13-14,17-18,22H2,1-2H3,(H,33,37)(H,35,36). The van der Waals surface area contributed by atoms with Crippen molar-refractivity contribution in [1.82, 2.24) is 9.88 Å². The molecule has 1 aromatic heterocycles. The van der Waals surface area contributed by atoms with Gasteiger partial charge in [-0.2, -0.15) is 0 Å². The van der Waals surface area contributed by atoms with Gasteiger partial charge in [0.25, 0.3) is 0 Å². The largest absolute Gasteiger partial charge is 0.489 e. The minimum atomic E-state index is -0.942. The van der Waals surface area contributed by atoms with Crippen LogP contribution in [0, 0.1) is 0 Å². The average Bonchev–Trinajstić information content (AvgIpc) is 3.29. The highest BCUT2D eigenvalue weighted by atomic mass is 16.5. The second-order valence-corrected chi connectivity index (χ2v) is 9.55. The van der Waals surface area contributed by atoms with Crippen molar-refractivity contribution < 1.29 is 19.4 Å². The van der Waals surface area contributed by atoms with Crippen molar-refractivity contribution in [3.63, 3.8) is 0 Å². The number of allylic oxidation sites excluding steroid dienone is 1. The first-order chi connectivity index (χ1) is 18.4. The van der Waals surface area contributed by atoms with E-state index >= 15 is 0 Å². The summed E-state index contributed by atoms with van der Waals surface area (Å²) in [6.07, 6.45) is 5.30. The van der Waals surface area contributed by atoms with Crippen molar-refractivity contribution >= 4 is 22.8 Å². The summed E-state index contributed by atoms with van der Waals surface area (Å²) >= 11 is 0. The Kier molecular flexibility index (Phi) is 8.98. The number of nitrogens with zero attached hydrogens (tertiary/aromatic N) is 1. The maximum atomic E-state index is 13.1. The lowest BCUT2D eigenvalue weighted by atomic mass is 10.0. The Labute approximate surface area is 223 Å². The quantitative estimate of drug-likeness (QED) is 0.226. The van der Waals surface area contributed by atoms with Crippen LogP contribution >= 0.6 is 0 Å². The Morgan fingerprint density at radius 1 is 0.974 bits per heavy atom. The number of aromatic nitrogens is 1. The van der Waals surface area contributed by atoms with Crippen molar-refractivity contribution in [1.29, 1.82) is 0 Å². The van der Waals surface area contributed by atoms with E-state index in [-0.39, 0.29) is 5.91 Å². The molecule has 38 heavy (non-hydrogen) atoms. The summed E-state index contributed by atoms with van der Waals surface area (Å²) in [4.78, 5) is 24.1. The molecule has 6 nitrogen and oxygen atoms in total. The fourth-order valence-corrected chi connectivity index (χ4v) is 4.52. The predicted octanol–water partition coefficient (Wildman–Crippen LogP) is 6.10. The number of fused-ring (bicyclic) bond motifs is 1. The normalized spacial score (nSPS) is 12.3. The SMILES string of the molecule is CC(=CC(=O)O)CCc1cn(C(C)C(=O)NCCc2ccccc2)c2ccc(OCc3ccccc3)cc12. The first kappa shape index (κ1) is 26.7. The van der Waals surface area contributed by atoms with Gasteiger partial charge in [0.2, 0.25) is 5.91 Å². The molecule has 1 heterocycles.